The number of hydrogen-bond donors (Lipinski definition) is 0. The largest absolute Gasteiger partial charge is 0.469 e. The fraction of sp³-hybridized carbons (Fsp3) is 0.714. The highest BCUT2D eigenvalue weighted by molar-refractivity contribution is 6.31. The van der Waals surface area contributed by atoms with Gasteiger partial charge >= 0.3 is 5.97 Å². The van der Waals surface area contributed by atoms with E-state index in [1.165, 1.54) is 7.11 Å². The Kier molecular flexibility index (Phi) is 5.05. The normalized spacial score (nSPS) is 20.1. The van der Waals surface area contributed by atoms with Crippen molar-refractivity contribution in [3.05, 3.63) is 16.4 Å². The summed E-state index contributed by atoms with van der Waals surface area (Å²) in [7, 11) is 3.37. The van der Waals surface area contributed by atoms with Crippen molar-refractivity contribution in [2.45, 2.75) is 32.7 Å². The average molecular weight is 300 g/mol. The molecule has 1 aromatic rings. The van der Waals surface area contributed by atoms with Gasteiger partial charge in [0.15, 0.2) is 0 Å². The van der Waals surface area contributed by atoms with E-state index in [-0.39, 0.29) is 11.9 Å². The number of esters is 1. The second kappa shape index (κ2) is 6.59. The zero-order chi connectivity index (χ0) is 14.7. The smallest absolute Gasteiger partial charge is 0.309 e. The van der Waals surface area contributed by atoms with E-state index in [4.69, 9.17) is 16.3 Å². The molecule has 0 bridgehead atoms. The lowest BCUT2D eigenvalue weighted by Crippen LogP contribution is -2.39. The number of rotatable bonds is 4. The first kappa shape index (κ1) is 15.3. The molecule has 0 aliphatic carbocycles. The molecule has 6 heteroatoms. The predicted octanol–water partition coefficient (Wildman–Crippen LogP) is 2.02. The monoisotopic (exact) mass is 299 g/mol. The fourth-order valence-corrected chi connectivity index (χ4v) is 3.12. The molecule has 2 rings (SSSR count). The Bertz CT molecular complexity index is 487. The Labute approximate surface area is 124 Å². The van der Waals surface area contributed by atoms with Crippen LogP contribution in [0.4, 0.5) is 0 Å². The van der Waals surface area contributed by atoms with Gasteiger partial charge in [-0.1, -0.05) is 18.5 Å². The number of aromatic nitrogens is 2. The molecule has 0 unspecified atom stereocenters. The van der Waals surface area contributed by atoms with Crippen molar-refractivity contribution in [2.75, 3.05) is 20.2 Å². The van der Waals surface area contributed by atoms with Crippen molar-refractivity contribution in [2.24, 2.45) is 13.0 Å². The summed E-state index contributed by atoms with van der Waals surface area (Å²) in [5.41, 5.74) is 1.96. The Balaban J connectivity index is 2.06. The highest BCUT2D eigenvalue weighted by atomic mass is 35.5. The molecule has 20 heavy (non-hydrogen) atoms. The van der Waals surface area contributed by atoms with Crippen molar-refractivity contribution in [3.8, 4) is 0 Å². The van der Waals surface area contributed by atoms with Gasteiger partial charge in [-0.15, -0.1) is 0 Å². The van der Waals surface area contributed by atoms with Gasteiger partial charge in [-0.25, -0.2) is 0 Å². The lowest BCUT2D eigenvalue weighted by Gasteiger charge is -2.31. The molecule has 1 aromatic heterocycles. The quantitative estimate of drug-likeness (QED) is 0.798. The van der Waals surface area contributed by atoms with Gasteiger partial charge in [-0.05, 0) is 25.8 Å². The van der Waals surface area contributed by atoms with E-state index in [1.807, 2.05) is 18.7 Å². The number of likely N-dealkylation sites (tertiary alicyclic amines) is 1. The molecule has 2 heterocycles. The van der Waals surface area contributed by atoms with E-state index in [1.54, 1.807) is 0 Å². The van der Waals surface area contributed by atoms with Crippen LogP contribution in [0.1, 0.15) is 31.2 Å². The van der Waals surface area contributed by atoms with Gasteiger partial charge in [-0.3, -0.25) is 14.4 Å². The van der Waals surface area contributed by atoms with Crippen LogP contribution in [0.25, 0.3) is 0 Å². The Morgan fingerprint density at radius 1 is 1.55 bits per heavy atom. The van der Waals surface area contributed by atoms with Crippen LogP contribution in [0.2, 0.25) is 5.02 Å². The molecular weight excluding hydrogens is 278 g/mol. The molecule has 1 atom stereocenters. The minimum Gasteiger partial charge on any atom is -0.469 e. The maximum Gasteiger partial charge on any atom is 0.309 e. The van der Waals surface area contributed by atoms with E-state index in [2.05, 4.69) is 10.00 Å². The molecule has 1 aliphatic rings. The lowest BCUT2D eigenvalue weighted by molar-refractivity contribution is -0.147. The third-order valence-corrected chi connectivity index (χ3v) is 4.35. The number of carbonyl (C=O) groups is 1. The average Bonchev–Trinajstić information content (AvgIpc) is 2.74. The number of piperidine rings is 1. The Hall–Kier alpha value is -1.07. The van der Waals surface area contributed by atoms with Gasteiger partial charge in [0.25, 0.3) is 0 Å². The molecule has 1 saturated heterocycles. The SMILES string of the molecule is CCc1nn(C)c(CN2CCC[C@H](C(=O)OC)C2)c1Cl. The van der Waals surface area contributed by atoms with Gasteiger partial charge in [0, 0.05) is 20.1 Å². The summed E-state index contributed by atoms with van der Waals surface area (Å²) < 4.78 is 6.70. The standard InChI is InChI=1S/C14H22ClN3O2/c1-4-11-13(15)12(17(2)16-11)9-18-7-5-6-10(8-18)14(19)20-3/h10H,4-9H2,1-3H3/t10-/m0/s1. The van der Waals surface area contributed by atoms with Crippen LogP contribution in [-0.2, 0) is 29.5 Å². The molecule has 0 radical (unpaired) electrons. The number of ether oxygens (including phenoxy) is 1. The fourth-order valence-electron chi connectivity index (χ4n) is 2.76. The summed E-state index contributed by atoms with van der Waals surface area (Å²) in [6.45, 7) is 4.49. The number of nitrogens with zero attached hydrogens (tertiary/aromatic N) is 3. The van der Waals surface area contributed by atoms with Crippen LogP contribution in [0, 0.1) is 5.92 Å². The topological polar surface area (TPSA) is 47.4 Å². The summed E-state index contributed by atoms with van der Waals surface area (Å²) >= 11 is 6.37. The van der Waals surface area contributed by atoms with Crippen molar-refractivity contribution in [1.82, 2.24) is 14.7 Å². The number of carbonyl (C=O) groups excluding carboxylic acids is 1. The third-order valence-electron chi connectivity index (χ3n) is 3.92. The molecule has 0 saturated carbocycles. The molecule has 0 N–H and O–H groups in total. The summed E-state index contributed by atoms with van der Waals surface area (Å²) in [5.74, 6) is -0.133. The molecular formula is C14H22ClN3O2. The maximum absolute atomic E-state index is 11.7. The van der Waals surface area contributed by atoms with E-state index >= 15 is 0 Å². The van der Waals surface area contributed by atoms with Crippen molar-refractivity contribution in [3.63, 3.8) is 0 Å². The van der Waals surface area contributed by atoms with Crippen LogP contribution < -0.4 is 0 Å². The van der Waals surface area contributed by atoms with Gasteiger partial charge in [-0.2, -0.15) is 5.10 Å². The first-order valence-corrected chi connectivity index (χ1v) is 7.45. The molecule has 1 aliphatic heterocycles. The van der Waals surface area contributed by atoms with Gasteiger partial charge in [0.2, 0.25) is 0 Å². The summed E-state index contributed by atoms with van der Waals surface area (Å²) in [5, 5.41) is 5.19. The maximum atomic E-state index is 11.7. The van der Waals surface area contributed by atoms with Crippen molar-refractivity contribution >= 4 is 17.6 Å². The first-order chi connectivity index (χ1) is 9.56. The van der Waals surface area contributed by atoms with Crippen LogP contribution in [0.5, 0.6) is 0 Å². The van der Waals surface area contributed by atoms with E-state index in [0.29, 0.717) is 0 Å². The van der Waals surface area contributed by atoms with Crippen molar-refractivity contribution < 1.29 is 9.53 Å². The lowest BCUT2D eigenvalue weighted by atomic mass is 9.98. The molecule has 5 nitrogen and oxygen atoms in total. The highest BCUT2D eigenvalue weighted by Gasteiger charge is 2.27. The first-order valence-electron chi connectivity index (χ1n) is 7.07. The second-order valence-corrected chi connectivity index (χ2v) is 5.66. The molecule has 0 amide bonds. The van der Waals surface area contributed by atoms with Crippen LogP contribution >= 0.6 is 11.6 Å². The minimum absolute atomic E-state index is 0.0219. The van der Waals surface area contributed by atoms with Gasteiger partial charge in [0.1, 0.15) is 0 Å². The van der Waals surface area contributed by atoms with E-state index < -0.39 is 0 Å². The zero-order valence-corrected chi connectivity index (χ0v) is 13.1. The van der Waals surface area contributed by atoms with Crippen molar-refractivity contribution in [1.29, 1.82) is 0 Å². The summed E-state index contributed by atoms with van der Waals surface area (Å²) in [6.07, 6.45) is 2.75. The Morgan fingerprint density at radius 3 is 2.90 bits per heavy atom. The number of methoxy groups -OCH3 is 1. The van der Waals surface area contributed by atoms with E-state index in [9.17, 15) is 4.79 Å². The number of hydrogen-bond acceptors (Lipinski definition) is 4. The third kappa shape index (κ3) is 3.15. The molecule has 112 valence electrons. The van der Waals surface area contributed by atoms with Gasteiger partial charge < -0.3 is 4.74 Å². The summed E-state index contributed by atoms with van der Waals surface area (Å²) in [6, 6.07) is 0. The number of halogens is 1. The Morgan fingerprint density at radius 2 is 2.30 bits per heavy atom. The van der Waals surface area contributed by atoms with Crippen LogP contribution in [-0.4, -0.2) is 40.8 Å². The van der Waals surface area contributed by atoms with Gasteiger partial charge in [0.05, 0.1) is 29.4 Å². The molecule has 1 fully saturated rings. The minimum atomic E-state index is -0.111. The molecule has 0 spiro atoms. The zero-order valence-electron chi connectivity index (χ0n) is 12.4. The van der Waals surface area contributed by atoms with Crippen LogP contribution in [0.15, 0.2) is 0 Å². The molecule has 0 aromatic carbocycles. The highest BCUT2D eigenvalue weighted by Crippen LogP contribution is 2.25. The summed E-state index contributed by atoms with van der Waals surface area (Å²) in [4.78, 5) is 13.9. The predicted molar refractivity (Wildman–Crippen MR) is 77.6 cm³/mol. The van der Waals surface area contributed by atoms with E-state index in [0.717, 1.165) is 55.3 Å². The second-order valence-electron chi connectivity index (χ2n) is 5.28. The number of aryl methyl sites for hydroxylation is 2. The van der Waals surface area contributed by atoms with Crippen LogP contribution in [0.3, 0.4) is 0 Å².